The number of hydrogen-bond acceptors (Lipinski definition) is 6. The van der Waals surface area contributed by atoms with Gasteiger partial charge in [-0.25, -0.2) is 0 Å². The highest BCUT2D eigenvalue weighted by Gasteiger charge is 2.42. The Hall–Kier alpha value is -3.14. The zero-order chi connectivity index (χ0) is 25.6. The molecule has 0 unspecified atom stereocenters. The maximum Gasteiger partial charge on any atom is 0.305 e. The summed E-state index contributed by atoms with van der Waals surface area (Å²) >= 11 is 6.27. The van der Waals surface area contributed by atoms with Crippen molar-refractivity contribution in [1.82, 2.24) is 15.5 Å². The summed E-state index contributed by atoms with van der Waals surface area (Å²) in [6.45, 7) is 5.63. The number of aldehydes is 1. The molecule has 1 aliphatic heterocycles. The molecule has 1 aromatic rings. The number of amides is 3. The van der Waals surface area contributed by atoms with Gasteiger partial charge in [-0.3, -0.25) is 19.2 Å². The Balaban J connectivity index is 2.24. The van der Waals surface area contributed by atoms with E-state index in [-0.39, 0.29) is 17.1 Å². The average Bonchev–Trinajstić information content (AvgIpc) is 3.25. The smallest absolute Gasteiger partial charge is 0.305 e. The fraction of sp³-hybridized carbons (Fsp3) is 0.522. The number of halogens is 1. The first-order chi connectivity index (χ1) is 15.9. The van der Waals surface area contributed by atoms with Crippen LogP contribution < -0.4 is 15.4 Å². The Morgan fingerprint density at radius 3 is 2.50 bits per heavy atom. The summed E-state index contributed by atoms with van der Waals surface area (Å²) in [5.41, 5.74) is -0.572. The number of nitrogens with one attached hydrogen (secondary N) is 2. The molecule has 0 saturated carbocycles. The number of carboxylic acids is 1. The van der Waals surface area contributed by atoms with E-state index in [4.69, 9.17) is 21.4 Å². The first-order valence-electron chi connectivity index (χ1n) is 10.8. The molecule has 1 saturated heterocycles. The summed E-state index contributed by atoms with van der Waals surface area (Å²) < 4.78 is 5.15. The van der Waals surface area contributed by atoms with E-state index in [1.807, 2.05) is 0 Å². The maximum absolute atomic E-state index is 13.5. The molecule has 0 radical (unpaired) electrons. The molecule has 3 atom stereocenters. The number of rotatable bonds is 9. The summed E-state index contributed by atoms with van der Waals surface area (Å²) in [5, 5.41) is 14.1. The van der Waals surface area contributed by atoms with Crippen LogP contribution in [0.4, 0.5) is 0 Å². The van der Waals surface area contributed by atoms with Crippen LogP contribution in [0.15, 0.2) is 18.2 Å². The van der Waals surface area contributed by atoms with Crippen molar-refractivity contribution < 1.29 is 33.8 Å². The first-order valence-corrected chi connectivity index (χ1v) is 11.2. The van der Waals surface area contributed by atoms with E-state index >= 15 is 0 Å². The Morgan fingerprint density at radius 2 is 1.94 bits per heavy atom. The van der Waals surface area contributed by atoms with Crippen LogP contribution in [0.5, 0.6) is 5.75 Å². The first kappa shape index (κ1) is 27.1. The van der Waals surface area contributed by atoms with Gasteiger partial charge in [0, 0.05) is 6.54 Å². The lowest BCUT2D eigenvalue weighted by Gasteiger charge is -2.35. The molecule has 1 aliphatic rings. The van der Waals surface area contributed by atoms with Crippen LogP contribution in [0.25, 0.3) is 0 Å². The van der Waals surface area contributed by atoms with E-state index < -0.39 is 53.7 Å². The molecule has 1 aromatic carbocycles. The molecule has 34 heavy (non-hydrogen) atoms. The number of aliphatic carboxylic acids is 1. The monoisotopic (exact) mass is 495 g/mol. The highest BCUT2D eigenvalue weighted by molar-refractivity contribution is 6.35. The van der Waals surface area contributed by atoms with Crippen LogP contribution in [0.1, 0.15) is 50.4 Å². The minimum absolute atomic E-state index is 0.111. The lowest BCUT2D eigenvalue weighted by Crippen LogP contribution is -2.58. The van der Waals surface area contributed by atoms with Gasteiger partial charge in [0.1, 0.15) is 24.1 Å². The molecule has 186 valence electrons. The van der Waals surface area contributed by atoms with Crippen molar-refractivity contribution >= 4 is 41.6 Å². The number of hydrogen-bond donors (Lipinski definition) is 3. The van der Waals surface area contributed by atoms with Gasteiger partial charge in [0.2, 0.25) is 11.8 Å². The van der Waals surface area contributed by atoms with E-state index in [9.17, 15) is 24.0 Å². The number of carbonyl (C=O) groups excluding carboxylic acids is 4. The van der Waals surface area contributed by atoms with Gasteiger partial charge in [-0.2, -0.15) is 0 Å². The second-order valence-corrected chi connectivity index (χ2v) is 9.51. The van der Waals surface area contributed by atoms with E-state index in [1.54, 1.807) is 32.9 Å². The Labute approximate surface area is 203 Å². The molecule has 3 amide bonds. The van der Waals surface area contributed by atoms with Crippen molar-refractivity contribution in [1.29, 1.82) is 0 Å². The van der Waals surface area contributed by atoms with Crippen LogP contribution in [0, 0.1) is 5.41 Å². The van der Waals surface area contributed by atoms with E-state index in [0.717, 1.165) is 0 Å². The molecule has 11 heteroatoms. The lowest BCUT2D eigenvalue weighted by molar-refractivity contribution is -0.143. The molecule has 0 spiro atoms. The van der Waals surface area contributed by atoms with Gasteiger partial charge in [-0.1, -0.05) is 38.4 Å². The summed E-state index contributed by atoms with van der Waals surface area (Å²) in [6.07, 6.45) is 0.685. The third-order valence-corrected chi connectivity index (χ3v) is 5.93. The number of ether oxygens (including phenoxy) is 1. The van der Waals surface area contributed by atoms with Crippen LogP contribution >= 0.6 is 11.6 Å². The average molecular weight is 496 g/mol. The highest BCUT2D eigenvalue weighted by atomic mass is 35.5. The summed E-state index contributed by atoms with van der Waals surface area (Å²) in [7, 11) is 1.43. The van der Waals surface area contributed by atoms with E-state index in [0.29, 0.717) is 24.9 Å². The molecule has 2 rings (SSSR count). The van der Waals surface area contributed by atoms with Crippen LogP contribution in [0.2, 0.25) is 5.02 Å². The second-order valence-electron chi connectivity index (χ2n) is 9.13. The molecule has 1 heterocycles. The van der Waals surface area contributed by atoms with E-state index in [2.05, 4.69) is 10.6 Å². The van der Waals surface area contributed by atoms with Gasteiger partial charge >= 0.3 is 5.97 Å². The number of likely N-dealkylation sites (tertiary alicyclic amines) is 1. The minimum Gasteiger partial charge on any atom is -0.495 e. The van der Waals surface area contributed by atoms with Gasteiger partial charge in [-0.05, 0) is 30.4 Å². The van der Waals surface area contributed by atoms with Crippen molar-refractivity contribution in [3.05, 3.63) is 28.8 Å². The number of methoxy groups -OCH3 is 1. The largest absolute Gasteiger partial charge is 0.495 e. The quantitative estimate of drug-likeness (QED) is 0.442. The summed E-state index contributed by atoms with van der Waals surface area (Å²) in [5.74, 6) is -2.56. The van der Waals surface area contributed by atoms with E-state index in [1.165, 1.54) is 18.1 Å². The molecule has 3 N–H and O–H groups in total. The highest BCUT2D eigenvalue weighted by Crippen LogP contribution is 2.30. The fourth-order valence-electron chi connectivity index (χ4n) is 3.77. The van der Waals surface area contributed by atoms with Crippen molar-refractivity contribution in [3.63, 3.8) is 0 Å². The van der Waals surface area contributed by atoms with Crippen LogP contribution in [-0.2, 0) is 19.2 Å². The Bertz CT molecular complexity index is 960. The van der Waals surface area contributed by atoms with Gasteiger partial charge in [-0.15, -0.1) is 0 Å². The SMILES string of the molecule is COc1cccc(C(=O)N[C@H](C(=O)N2CCC[C@H]2C(=O)N[C@H](C=O)CC(=O)O)C(C)(C)C)c1Cl. The lowest BCUT2D eigenvalue weighted by atomic mass is 9.85. The third kappa shape index (κ3) is 6.47. The maximum atomic E-state index is 13.5. The van der Waals surface area contributed by atoms with Crippen molar-refractivity contribution in [3.8, 4) is 5.75 Å². The van der Waals surface area contributed by atoms with Crippen molar-refractivity contribution in [2.45, 2.75) is 58.2 Å². The molecular formula is C23H30ClN3O7. The predicted octanol–water partition coefficient (Wildman–Crippen LogP) is 1.64. The number of nitrogens with zero attached hydrogens (tertiary/aromatic N) is 1. The van der Waals surface area contributed by atoms with Gasteiger partial charge < -0.3 is 30.2 Å². The Morgan fingerprint density at radius 1 is 1.26 bits per heavy atom. The van der Waals surface area contributed by atoms with Crippen molar-refractivity contribution in [2.75, 3.05) is 13.7 Å². The zero-order valence-corrected chi connectivity index (χ0v) is 20.3. The number of benzene rings is 1. The van der Waals surface area contributed by atoms with Crippen LogP contribution in [0.3, 0.4) is 0 Å². The standard InChI is InChI=1S/C23H30ClN3O7/c1-23(2,3)19(26-20(31)14-7-5-9-16(34-4)18(14)24)22(33)27-10-6-8-15(27)21(32)25-13(12-28)11-17(29)30/h5,7,9,12-13,15,19H,6,8,10-11H2,1-4H3,(H,25,32)(H,26,31)(H,29,30)/t13-,15-,19+/m0/s1. The summed E-state index contributed by atoms with van der Waals surface area (Å²) in [6, 6.07) is 1.65. The predicted molar refractivity (Wildman–Crippen MR) is 124 cm³/mol. The minimum atomic E-state index is -1.23. The Kier molecular flexibility index (Phi) is 9.03. The zero-order valence-electron chi connectivity index (χ0n) is 19.6. The number of carbonyl (C=O) groups is 5. The molecule has 10 nitrogen and oxygen atoms in total. The number of carboxylic acid groups (broad SMARTS) is 1. The fourth-order valence-corrected chi connectivity index (χ4v) is 4.06. The van der Waals surface area contributed by atoms with Gasteiger partial charge in [0.25, 0.3) is 5.91 Å². The van der Waals surface area contributed by atoms with Gasteiger partial charge in [0.05, 0.1) is 30.2 Å². The third-order valence-electron chi connectivity index (χ3n) is 5.54. The second kappa shape index (κ2) is 11.3. The topological polar surface area (TPSA) is 142 Å². The van der Waals surface area contributed by atoms with Crippen LogP contribution in [-0.4, -0.2) is 71.8 Å². The molecular weight excluding hydrogens is 466 g/mol. The molecule has 0 aliphatic carbocycles. The van der Waals surface area contributed by atoms with Crippen molar-refractivity contribution in [2.24, 2.45) is 5.41 Å². The molecule has 0 bridgehead atoms. The normalized spacial score (nSPS) is 17.4. The summed E-state index contributed by atoms with van der Waals surface area (Å²) in [4.78, 5) is 62.7. The molecule has 1 fully saturated rings. The molecule has 0 aromatic heterocycles. The van der Waals surface area contributed by atoms with Gasteiger partial charge in [0.15, 0.2) is 0 Å².